The van der Waals surface area contributed by atoms with Crippen LogP contribution in [-0.2, 0) is 0 Å². The van der Waals surface area contributed by atoms with Crippen LogP contribution in [0.3, 0.4) is 0 Å². The number of hydrogen-bond acceptors (Lipinski definition) is 2. The predicted molar refractivity (Wildman–Crippen MR) is 78.4 cm³/mol. The maximum Gasteiger partial charge on any atom is 0.142 e. The number of unbranched alkanes of at least 4 members (excludes halogenated alkanes) is 3. The van der Waals surface area contributed by atoms with Gasteiger partial charge in [0.25, 0.3) is 0 Å². The summed E-state index contributed by atoms with van der Waals surface area (Å²) in [5, 5.41) is 12.5. The summed E-state index contributed by atoms with van der Waals surface area (Å²) in [6, 6.07) is 2.80. The molecular weight excluding hydrogens is 288 g/mol. The van der Waals surface area contributed by atoms with Gasteiger partial charge >= 0.3 is 0 Å². The highest BCUT2D eigenvalue weighted by Crippen LogP contribution is 2.28. The number of halogens is 3. The summed E-state index contributed by atoms with van der Waals surface area (Å²) in [6.45, 7) is 3.04. The molecule has 1 aromatic rings. The zero-order valence-electron chi connectivity index (χ0n) is 11.1. The van der Waals surface area contributed by atoms with E-state index in [2.05, 4.69) is 5.32 Å². The molecule has 0 amide bonds. The standard InChI is InChI=1S/C14H20Cl2FNO/c1-10(18-6-4-2-3-5-7-19)11-8-14(17)13(16)9-12(11)15/h8-10,18-19H,2-7H2,1H3. The summed E-state index contributed by atoms with van der Waals surface area (Å²) in [4.78, 5) is 0. The maximum atomic E-state index is 13.4. The van der Waals surface area contributed by atoms with E-state index in [9.17, 15) is 4.39 Å². The maximum absolute atomic E-state index is 13.4. The fraction of sp³-hybridized carbons (Fsp3) is 0.571. The van der Waals surface area contributed by atoms with Crippen LogP contribution in [0, 0.1) is 5.82 Å². The van der Waals surface area contributed by atoms with Crippen molar-refractivity contribution in [1.82, 2.24) is 5.32 Å². The molecule has 1 rings (SSSR count). The Kier molecular flexibility index (Phi) is 7.69. The topological polar surface area (TPSA) is 32.3 Å². The van der Waals surface area contributed by atoms with Crippen LogP contribution < -0.4 is 5.32 Å². The second kappa shape index (κ2) is 8.75. The molecule has 0 aliphatic heterocycles. The van der Waals surface area contributed by atoms with Gasteiger partial charge in [0, 0.05) is 17.7 Å². The number of aliphatic hydroxyl groups is 1. The molecule has 2 N–H and O–H groups in total. The normalized spacial score (nSPS) is 12.7. The lowest BCUT2D eigenvalue weighted by atomic mass is 10.1. The van der Waals surface area contributed by atoms with Gasteiger partial charge < -0.3 is 10.4 Å². The molecule has 1 atom stereocenters. The lowest BCUT2D eigenvalue weighted by molar-refractivity contribution is 0.282. The molecule has 0 bridgehead atoms. The van der Waals surface area contributed by atoms with Crippen LogP contribution in [0.1, 0.15) is 44.2 Å². The molecule has 0 fully saturated rings. The molecule has 0 heterocycles. The summed E-state index contributed by atoms with van der Waals surface area (Å²) in [5.74, 6) is -0.447. The molecule has 2 nitrogen and oxygen atoms in total. The van der Waals surface area contributed by atoms with Crippen LogP contribution in [0.15, 0.2) is 12.1 Å². The van der Waals surface area contributed by atoms with Gasteiger partial charge in [0.15, 0.2) is 0 Å². The van der Waals surface area contributed by atoms with Gasteiger partial charge in [-0.1, -0.05) is 36.0 Å². The van der Waals surface area contributed by atoms with Crippen LogP contribution >= 0.6 is 23.2 Å². The number of hydrogen-bond donors (Lipinski definition) is 2. The van der Waals surface area contributed by atoms with Crippen molar-refractivity contribution < 1.29 is 9.50 Å². The van der Waals surface area contributed by atoms with Crippen molar-refractivity contribution >= 4 is 23.2 Å². The van der Waals surface area contributed by atoms with Gasteiger partial charge in [0.2, 0.25) is 0 Å². The van der Waals surface area contributed by atoms with Crippen LogP contribution in [0.4, 0.5) is 4.39 Å². The van der Waals surface area contributed by atoms with E-state index in [1.807, 2.05) is 6.92 Å². The molecule has 0 aromatic heterocycles. The first-order chi connectivity index (χ1) is 9.06. The van der Waals surface area contributed by atoms with Gasteiger partial charge in [-0.3, -0.25) is 0 Å². The van der Waals surface area contributed by atoms with Crippen LogP contribution in [-0.4, -0.2) is 18.3 Å². The van der Waals surface area contributed by atoms with E-state index in [0.29, 0.717) is 5.02 Å². The van der Waals surface area contributed by atoms with Crippen molar-refractivity contribution in [2.45, 2.75) is 38.6 Å². The zero-order valence-corrected chi connectivity index (χ0v) is 12.6. The minimum absolute atomic E-state index is 0.0166. The van der Waals surface area contributed by atoms with Gasteiger partial charge in [-0.05, 0) is 44.0 Å². The van der Waals surface area contributed by atoms with Gasteiger partial charge in [-0.25, -0.2) is 4.39 Å². The quantitative estimate of drug-likeness (QED) is 0.553. The number of aliphatic hydroxyl groups excluding tert-OH is 1. The van der Waals surface area contributed by atoms with E-state index in [1.54, 1.807) is 0 Å². The van der Waals surface area contributed by atoms with Gasteiger partial charge in [0.05, 0.1) is 5.02 Å². The van der Waals surface area contributed by atoms with Crippen molar-refractivity contribution in [3.05, 3.63) is 33.6 Å². The second-order valence-corrected chi connectivity index (χ2v) is 5.42. The monoisotopic (exact) mass is 307 g/mol. The van der Waals surface area contributed by atoms with Gasteiger partial charge in [0.1, 0.15) is 5.82 Å². The molecular formula is C14H20Cl2FNO. The lowest BCUT2D eigenvalue weighted by Gasteiger charge is -2.16. The third-order valence-electron chi connectivity index (χ3n) is 3.04. The number of benzene rings is 1. The molecule has 108 valence electrons. The minimum atomic E-state index is -0.447. The summed E-state index contributed by atoms with van der Waals surface area (Å²) < 4.78 is 13.4. The van der Waals surface area contributed by atoms with E-state index in [0.717, 1.165) is 37.8 Å². The first-order valence-electron chi connectivity index (χ1n) is 6.55. The molecule has 1 unspecified atom stereocenters. The van der Waals surface area contributed by atoms with E-state index >= 15 is 0 Å². The first-order valence-corrected chi connectivity index (χ1v) is 7.30. The van der Waals surface area contributed by atoms with Crippen LogP contribution in [0.5, 0.6) is 0 Å². The third-order valence-corrected chi connectivity index (χ3v) is 3.66. The Bertz CT molecular complexity index is 401. The van der Waals surface area contributed by atoms with Gasteiger partial charge in [-0.15, -0.1) is 0 Å². The van der Waals surface area contributed by atoms with Crippen LogP contribution in [0.25, 0.3) is 0 Å². The highest BCUT2D eigenvalue weighted by molar-refractivity contribution is 6.35. The van der Waals surface area contributed by atoms with Crippen molar-refractivity contribution in [3.63, 3.8) is 0 Å². The fourth-order valence-corrected chi connectivity index (χ4v) is 2.44. The third kappa shape index (κ3) is 5.65. The average molecular weight is 308 g/mol. The predicted octanol–water partition coefficient (Wildman–Crippen LogP) is 4.34. The minimum Gasteiger partial charge on any atom is -0.396 e. The average Bonchev–Trinajstić information content (AvgIpc) is 2.37. The van der Waals surface area contributed by atoms with Gasteiger partial charge in [-0.2, -0.15) is 0 Å². The summed E-state index contributed by atoms with van der Waals surface area (Å²) >= 11 is 11.7. The van der Waals surface area contributed by atoms with Crippen molar-refractivity contribution in [3.8, 4) is 0 Å². The number of nitrogens with one attached hydrogen (secondary N) is 1. The molecule has 5 heteroatoms. The van der Waals surface area contributed by atoms with Crippen molar-refractivity contribution in [1.29, 1.82) is 0 Å². The molecule has 0 saturated carbocycles. The smallest absolute Gasteiger partial charge is 0.142 e. The molecule has 1 aromatic carbocycles. The van der Waals surface area contributed by atoms with Crippen LogP contribution in [0.2, 0.25) is 10.0 Å². The Hall–Kier alpha value is -0.350. The Morgan fingerprint density at radius 3 is 2.53 bits per heavy atom. The summed E-state index contributed by atoms with van der Waals surface area (Å²) in [6.07, 6.45) is 3.98. The summed E-state index contributed by atoms with van der Waals surface area (Å²) in [5.41, 5.74) is 0.721. The molecule has 0 spiro atoms. The van der Waals surface area contributed by atoms with Crippen molar-refractivity contribution in [2.24, 2.45) is 0 Å². The molecule has 19 heavy (non-hydrogen) atoms. The van der Waals surface area contributed by atoms with Crippen molar-refractivity contribution in [2.75, 3.05) is 13.2 Å². The molecule has 0 radical (unpaired) electrons. The Labute approximate surface area is 123 Å². The van der Waals surface area contributed by atoms with E-state index in [-0.39, 0.29) is 17.7 Å². The summed E-state index contributed by atoms with van der Waals surface area (Å²) in [7, 11) is 0. The largest absolute Gasteiger partial charge is 0.396 e. The molecule has 0 aliphatic rings. The fourth-order valence-electron chi connectivity index (χ4n) is 1.89. The van der Waals surface area contributed by atoms with E-state index in [4.69, 9.17) is 28.3 Å². The number of rotatable bonds is 8. The van der Waals surface area contributed by atoms with E-state index < -0.39 is 5.82 Å². The second-order valence-electron chi connectivity index (χ2n) is 4.60. The molecule has 0 aliphatic carbocycles. The highest BCUT2D eigenvalue weighted by atomic mass is 35.5. The van der Waals surface area contributed by atoms with E-state index in [1.165, 1.54) is 12.1 Å². The zero-order chi connectivity index (χ0) is 14.3. The first kappa shape index (κ1) is 16.7. The Balaban J connectivity index is 2.41. The Morgan fingerprint density at radius 1 is 1.16 bits per heavy atom. The molecule has 0 saturated heterocycles. The Morgan fingerprint density at radius 2 is 1.84 bits per heavy atom. The SMILES string of the molecule is CC(NCCCCCCO)c1cc(F)c(Cl)cc1Cl. The lowest BCUT2D eigenvalue weighted by Crippen LogP contribution is -2.20. The highest BCUT2D eigenvalue weighted by Gasteiger charge is 2.12.